The van der Waals surface area contributed by atoms with Crippen LogP contribution in [-0.2, 0) is 9.59 Å². The van der Waals surface area contributed by atoms with E-state index in [4.69, 9.17) is 10.2 Å². The van der Waals surface area contributed by atoms with Gasteiger partial charge in [-0.2, -0.15) is 11.8 Å². The van der Waals surface area contributed by atoms with Crippen molar-refractivity contribution >= 4 is 29.7 Å². The summed E-state index contributed by atoms with van der Waals surface area (Å²) in [5.41, 5.74) is 0. The Morgan fingerprint density at radius 3 is 2.52 bits per heavy atom. The molecule has 0 aliphatic carbocycles. The Morgan fingerprint density at radius 1 is 1.33 bits per heavy atom. The van der Waals surface area contributed by atoms with Gasteiger partial charge in [0.2, 0.25) is 0 Å². The molecule has 0 aromatic heterocycles. The monoisotopic (exact) mass is 318 g/mol. The van der Waals surface area contributed by atoms with Crippen molar-refractivity contribution < 1.29 is 24.6 Å². The van der Waals surface area contributed by atoms with Gasteiger partial charge in [-0.05, 0) is 26.7 Å². The minimum absolute atomic E-state index is 0.0440. The number of nitrogens with one attached hydrogen (secondary N) is 1. The van der Waals surface area contributed by atoms with Crippen LogP contribution in [0, 0.1) is 0 Å². The lowest BCUT2D eigenvalue weighted by atomic mass is 10.1. The predicted octanol–water partition coefficient (Wildman–Crippen LogP) is 1.23. The van der Waals surface area contributed by atoms with Gasteiger partial charge in [-0.1, -0.05) is 0 Å². The molecule has 120 valence electrons. The average molecular weight is 318 g/mol. The van der Waals surface area contributed by atoms with Crippen molar-refractivity contribution in [3.05, 3.63) is 0 Å². The SMILES string of the molecule is CC1(C)CN(C(=O)N[C@H](CCCC(=O)O)C(=O)O)CCS1. The first-order valence-corrected chi connectivity index (χ1v) is 7.84. The van der Waals surface area contributed by atoms with E-state index in [1.807, 2.05) is 13.8 Å². The molecule has 1 fully saturated rings. The normalized spacial score (nSPS) is 18.9. The summed E-state index contributed by atoms with van der Waals surface area (Å²) in [6, 6.07) is -1.44. The number of carbonyl (C=O) groups is 3. The number of hydrogen-bond donors (Lipinski definition) is 3. The van der Waals surface area contributed by atoms with Gasteiger partial charge in [0, 0.05) is 30.0 Å². The van der Waals surface area contributed by atoms with Crippen LogP contribution in [0.1, 0.15) is 33.1 Å². The zero-order valence-electron chi connectivity index (χ0n) is 12.3. The molecule has 8 heteroatoms. The number of thioether (sulfide) groups is 1. The number of carbonyl (C=O) groups excluding carboxylic acids is 1. The molecule has 1 rings (SSSR count). The maximum Gasteiger partial charge on any atom is 0.326 e. The van der Waals surface area contributed by atoms with Crippen LogP contribution in [0.2, 0.25) is 0 Å². The maximum atomic E-state index is 12.1. The van der Waals surface area contributed by atoms with Crippen molar-refractivity contribution in [2.45, 2.75) is 43.9 Å². The van der Waals surface area contributed by atoms with Crippen molar-refractivity contribution in [2.75, 3.05) is 18.8 Å². The lowest BCUT2D eigenvalue weighted by molar-refractivity contribution is -0.140. The number of hydrogen-bond acceptors (Lipinski definition) is 4. The molecule has 1 aliphatic rings. The van der Waals surface area contributed by atoms with Crippen molar-refractivity contribution in [3.8, 4) is 0 Å². The Hall–Kier alpha value is -1.44. The Kier molecular flexibility index (Phi) is 6.32. The molecule has 3 N–H and O–H groups in total. The fourth-order valence-corrected chi connectivity index (χ4v) is 3.26. The van der Waals surface area contributed by atoms with Gasteiger partial charge in [-0.3, -0.25) is 4.79 Å². The second-order valence-electron chi connectivity index (χ2n) is 5.66. The molecule has 2 amide bonds. The first kappa shape index (κ1) is 17.6. The summed E-state index contributed by atoms with van der Waals surface area (Å²) in [7, 11) is 0. The summed E-state index contributed by atoms with van der Waals surface area (Å²) in [5, 5.41) is 20.1. The van der Waals surface area contributed by atoms with E-state index in [0.29, 0.717) is 13.1 Å². The standard InChI is InChI=1S/C13H22N2O5S/c1-13(2)8-15(6-7-21-13)12(20)14-9(11(18)19)4-3-5-10(16)17/h9H,3-8H2,1-2H3,(H,14,20)(H,16,17)(H,18,19)/t9-/m1/s1. The minimum Gasteiger partial charge on any atom is -0.481 e. The zero-order valence-corrected chi connectivity index (χ0v) is 13.1. The highest BCUT2D eigenvalue weighted by molar-refractivity contribution is 8.00. The molecule has 0 saturated carbocycles. The van der Waals surface area contributed by atoms with Crippen molar-refractivity contribution in [3.63, 3.8) is 0 Å². The summed E-state index contributed by atoms with van der Waals surface area (Å²) < 4.78 is -0.0440. The highest BCUT2D eigenvalue weighted by Crippen LogP contribution is 2.29. The largest absolute Gasteiger partial charge is 0.481 e. The molecule has 21 heavy (non-hydrogen) atoms. The van der Waals surface area contributed by atoms with Crippen LogP contribution in [0.4, 0.5) is 4.79 Å². The third kappa shape index (κ3) is 6.24. The topological polar surface area (TPSA) is 107 Å². The molecular formula is C13H22N2O5S. The highest BCUT2D eigenvalue weighted by atomic mass is 32.2. The minimum atomic E-state index is -1.14. The van der Waals surface area contributed by atoms with Gasteiger partial charge in [0.05, 0.1) is 0 Å². The third-order valence-corrected chi connectivity index (χ3v) is 4.49. The van der Waals surface area contributed by atoms with Crippen molar-refractivity contribution in [1.29, 1.82) is 0 Å². The predicted molar refractivity (Wildman–Crippen MR) is 79.6 cm³/mol. The first-order chi connectivity index (χ1) is 9.71. The molecule has 1 aliphatic heterocycles. The summed E-state index contributed by atoms with van der Waals surface area (Å²) in [4.78, 5) is 35.3. The van der Waals surface area contributed by atoms with Gasteiger partial charge < -0.3 is 20.4 Å². The fourth-order valence-electron chi connectivity index (χ4n) is 2.14. The molecule has 0 bridgehead atoms. The van der Waals surface area contributed by atoms with E-state index >= 15 is 0 Å². The fraction of sp³-hybridized carbons (Fsp3) is 0.769. The number of carboxylic acid groups (broad SMARTS) is 2. The van der Waals surface area contributed by atoms with E-state index < -0.39 is 24.0 Å². The molecule has 0 spiro atoms. The lowest BCUT2D eigenvalue weighted by Crippen LogP contribution is -2.53. The van der Waals surface area contributed by atoms with Crippen LogP contribution >= 0.6 is 11.8 Å². The number of urea groups is 1. The zero-order chi connectivity index (χ0) is 16.0. The molecule has 1 saturated heterocycles. The van der Waals surface area contributed by atoms with Gasteiger partial charge in [0.1, 0.15) is 6.04 Å². The first-order valence-electron chi connectivity index (χ1n) is 6.85. The van der Waals surface area contributed by atoms with Crippen LogP contribution in [0.25, 0.3) is 0 Å². The number of nitrogens with zero attached hydrogens (tertiary/aromatic N) is 1. The van der Waals surface area contributed by atoms with Crippen molar-refractivity contribution in [1.82, 2.24) is 10.2 Å². The van der Waals surface area contributed by atoms with Crippen LogP contribution in [0.15, 0.2) is 0 Å². The smallest absolute Gasteiger partial charge is 0.326 e. The van der Waals surface area contributed by atoms with Gasteiger partial charge in [-0.15, -0.1) is 0 Å². The molecule has 0 aromatic carbocycles. The number of rotatable bonds is 6. The maximum absolute atomic E-state index is 12.1. The Bertz CT molecular complexity index is 413. The Labute approximate surface area is 128 Å². The molecule has 0 radical (unpaired) electrons. The number of amides is 2. The van der Waals surface area contributed by atoms with Gasteiger partial charge >= 0.3 is 18.0 Å². The summed E-state index contributed by atoms with van der Waals surface area (Å²) in [6.45, 7) is 5.23. The quantitative estimate of drug-likeness (QED) is 0.680. The van der Waals surface area contributed by atoms with E-state index in [1.165, 1.54) is 0 Å². The third-order valence-electron chi connectivity index (χ3n) is 3.19. The number of aliphatic carboxylic acids is 2. The van der Waals surface area contributed by atoms with Crippen LogP contribution < -0.4 is 5.32 Å². The van der Waals surface area contributed by atoms with Gasteiger partial charge in [-0.25, -0.2) is 9.59 Å². The second kappa shape index (κ2) is 7.53. The highest BCUT2D eigenvalue weighted by Gasteiger charge is 2.31. The van der Waals surface area contributed by atoms with E-state index in [1.54, 1.807) is 16.7 Å². The molecule has 1 heterocycles. The van der Waals surface area contributed by atoms with E-state index in [9.17, 15) is 14.4 Å². The Balaban J connectivity index is 2.52. The van der Waals surface area contributed by atoms with Gasteiger partial charge in [0.15, 0.2) is 0 Å². The van der Waals surface area contributed by atoms with E-state index in [2.05, 4.69) is 5.32 Å². The molecular weight excluding hydrogens is 296 g/mol. The van der Waals surface area contributed by atoms with Gasteiger partial charge in [0.25, 0.3) is 0 Å². The van der Waals surface area contributed by atoms with Crippen molar-refractivity contribution in [2.24, 2.45) is 0 Å². The van der Waals surface area contributed by atoms with E-state index in [0.717, 1.165) is 5.75 Å². The average Bonchev–Trinajstić information content (AvgIpc) is 2.35. The summed E-state index contributed by atoms with van der Waals surface area (Å²) in [5.74, 6) is -1.29. The molecule has 0 aromatic rings. The van der Waals surface area contributed by atoms with Crippen LogP contribution in [0.5, 0.6) is 0 Å². The summed E-state index contributed by atoms with van der Waals surface area (Å²) in [6.07, 6.45) is 0.223. The van der Waals surface area contributed by atoms with Crippen LogP contribution in [0.3, 0.4) is 0 Å². The molecule has 7 nitrogen and oxygen atoms in total. The Morgan fingerprint density at radius 2 is 2.00 bits per heavy atom. The van der Waals surface area contributed by atoms with Crippen LogP contribution in [-0.4, -0.2) is 62.7 Å². The summed E-state index contributed by atoms with van der Waals surface area (Å²) >= 11 is 1.78. The number of carboxylic acids is 2. The molecule has 1 atom stereocenters. The van der Waals surface area contributed by atoms with E-state index in [-0.39, 0.29) is 24.0 Å². The lowest BCUT2D eigenvalue weighted by Gasteiger charge is -2.37. The molecule has 0 unspecified atom stereocenters. The second-order valence-corrected chi connectivity index (χ2v) is 7.46.